The van der Waals surface area contributed by atoms with Crippen LogP contribution in [-0.2, 0) is 22.2 Å². The molecule has 21 heavy (non-hydrogen) atoms. The molecule has 2 aromatic heterocycles. The van der Waals surface area contributed by atoms with Crippen molar-refractivity contribution < 1.29 is 14.3 Å². The average molecular weight is 292 g/mol. The predicted molar refractivity (Wildman–Crippen MR) is 75.0 cm³/mol. The first-order chi connectivity index (χ1) is 9.60. The Morgan fingerprint density at radius 3 is 2.52 bits per heavy atom. The van der Waals surface area contributed by atoms with Gasteiger partial charge in [0, 0.05) is 5.41 Å². The van der Waals surface area contributed by atoms with Gasteiger partial charge in [-0.3, -0.25) is 4.79 Å². The highest BCUT2D eigenvalue weighted by molar-refractivity contribution is 5.79. The highest BCUT2D eigenvalue weighted by Crippen LogP contribution is 2.23. The lowest BCUT2D eigenvalue weighted by molar-refractivity contribution is -0.142. The molecule has 2 rings (SSSR count). The van der Waals surface area contributed by atoms with Crippen molar-refractivity contribution in [2.24, 2.45) is 0 Å². The van der Waals surface area contributed by atoms with E-state index >= 15 is 0 Å². The van der Waals surface area contributed by atoms with E-state index in [1.807, 2.05) is 20.8 Å². The lowest BCUT2D eigenvalue weighted by Crippen LogP contribution is -2.28. The Balaban J connectivity index is 2.17. The summed E-state index contributed by atoms with van der Waals surface area (Å²) in [4.78, 5) is 15.4. The summed E-state index contributed by atoms with van der Waals surface area (Å²) in [5.74, 6) is 0.369. The van der Waals surface area contributed by atoms with Crippen molar-refractivity contribution in [2.75, 3.05) is 0 Å². The second-order valence-electron chi connectivity index (χ2n) is 6.60. The molecule has 0 saturated heterocycles. The van der Waals surface area contributed by atoms with Gasteiger partial charge in [0.25, 0.3) is 0 Å². The topological polar surface area (TPSA) is 94.0 Å². The fraction of sp³-hybridized carbons (Fsp3) is 0.571. The van der Waals surface area contributed by atoms with Crippen molar-refractivity contribution in [3.05, 3.63) is 29.7 Å². The number of aliphatic carboxylic acids is 1. The van der Waals surface area contributed by atoms with E-state index in [1.165, 1.54) is 4.68 Å². The fourth-order valence-corrected chi connectivity index (χ4v) is 1.64. The molecule has 1 N–H and O–H groups in total. The number of carboxylic acids is 1. The zero-order valence-electron chi connectivity index (χ0n) is 12.9. The van der Waals surface area contributed by atoms with Crippen LogP contribution in [0.4, 0.5) is 0 Å². The largest absolute Gasteiger partial charge is 0.481 e. The van der Waals surface area contributed by atoms with Gasteiger partial charge in [0.05, 0.1) is 18.1 Å². The summed E-state index contributed by atoms with van der Waals surface area (Å²) in [7, 11) is 0. The Kier molecular flexibility index (Phi) is 3.61. The van der Waals surface area contributed by atoms with Crippen LogP contribution in [0.5, 0.6) is 0 Å². The number of aromatic nitrogens is 4. The van der Waals surface area contributed by atoms with E-state index in [9.17, 15) is 9.90 Å². The lowest BCUT2D eigenvalue weighted by Gasteiger charge is -2.14. The Hall–Kier alpha value is -2.18. The molecule has 2 heterocycles. The van der Waals surface area contributed by atoms with E-state index in [4.69, 9.17) is 4.42 Å². The van der Waals surface area contributed by atoms with Crippen molar-refractivity contribution in [1.82, 2.24) is 20.0 Å². The maximum Gasteiger partial charge on any atom is 0.315 e. The molecule has 0 fully saturated rings. The summed E-state index contributed by atoms with van der Waals surface area (Å²) < 4.78 is 7.20. The molecule has 114 valence electrons. The first-order valence-electron chi connectivity index (χ1n) is 6.70. The van der Waals surface area contributed by atoms with Crippen LogP contribution in [0.15, 0.2) is 16.8 Å². The Morgan fingerprint density at radius 2 is 2.00 bits per heavy atom. The quantitative estimate of drug-likeness (QED) is 0.926. The van der Waals surface area contributed by atoms with E-state index in [1.54, 1.807) is 26.2 Å². The standard InChI is InChI=1S/C14H20N4O3/c1-13(2,3)10-6-15-11(21-10)8-18-7-9(16-17-18)14(4,5)12(19)20/h6-7H,8H2,1-5H3,(H,19,20). The van der Waals surface area contributed by atoms with Crippen LogP contribution in [0.3, 0.4) is 0 Å². The Bertz CT molecular complexity index is 649. The van der Waals surface area contributed by atoms with Crippen LogP contribution < -0.4 is 0 Å². The third-order valence-corrected chi connectivity index (χ3v) is 3.30. The molecule has 0 aliphatic rings. The SMILES string of the molecule is CC(C)(C)c1cnc(Cn2cc(C(C)(C)C(=O)O)nn2)o1. The summed E-state index contributed by atoms with van der Waals surface area (Å²) in [5.41, 5.74) is -0.784. The van der Waals surface area contributed by atoms with Gasteiger partial charge in [0.15, 0.2) is 0 Å². The first kappa shape index (κ1) is 15.2. The molecule has 0 spiro atoms. The van der Waals surface area contributed by atoms with Gasteiger partial charge in [-0.05, 0) is 13.8 Å². The van der Waals surface area contributed by atoms with Crippen LogP contribution in [0.25, 0.3) is 0 Å². The molecular weight excluding hydrogens is 272 g/mol. The molecule has 7 heteroatoms. The van der Waals surface area contributed by atoms with E-state index in [-0.39, 0.29) is 5.41 Å². The number of rotatable bonds is 4. The summed E-state index contributed by atoms with van der Waals surface area (Å²) in [6.07, 6.45) is 3.31. The third kappa shape index (κ3) is 3.12. The molecule has 0 aliphatic carbocycles. The minimum Gasteiger partial charge on any atom is -0.481 e. The minimum absolute atomic E-state index is 0.107. The normalized spacial score (nSPS) is 12.6. The summed E-state index contributed by atoms with van der Waals surface area (Å²) in [5, 5.41) is 17.0. The highest BCUT2D eigenvalue weighted by atomic mass is 16.4. The van der Waals surface area contributed by atoms with Gasteiger partial charge in [-0.25, -0.2) is 9.67 Å². The number of nitrogens with zero attached hydrogens (tertiary/aromatic N) is 4. The maximum atomic E-state index is 11.2. The molecule has 0 aromatic carbocycles. The van der Waals surface area contributed by atoms with Gasteiger partial charge >= 0.3 is 5.97 Å². The second-order valence-corrected chi connectivity index (χ2v) is 6.60. The molecule has 7 nitrogen and oxygen atoms in total. The molecule has 0 radical (unpaired) electrons. The fourth-order valence-electron chi connectivity index (χ4n) is 1.64. The Labute approximate surface area is 123 Å². The molecule has 0 atom stereocenters. The maximum absolute atomic E-state index is 11.2. The smallest absolute Gasteiger partial charge is 0.315 e. The zero-order chi connectivity index (χ0) is 15.8. The molecule has 2 aromatic rings. The summed E-state index contributed by atoms with van der Waals surface area (Å²) in [6.45, 7) is 9.62. The van der Waals surface area contributed by atoms with Crippen LogP contribution in [0.1, 0.15) is 52.0 Å². The van der Waals surface area contributed by atoms with Crippen molar-refractivity contribution in [2.45, 2.75) is 52.0 Å². The second kappa shape index (κ2) is 4.98. The Morgan fingerprint density at radius 1 is 1.33 bits per heavy atom. The minimum atomic E-state index is -1.08. The molecule has 0 bridgehead atoms. The number of hydrogen-bond acceptors (Lipinski definition) is 5. The monoisotopic (exact) mass is 292 g/mol. The molecule has 0 aliphatic heterocycles. The summed E-state index contributed by atoms with van der Waals surface area (Å²) in [6, 6.07) is 0. The van der Waals surface area contributed by atoms with Crippen molar-refractivity contribution >= 4 is 5.97 Å². The van der Waals surface area contributed by atoms with E-state index in [2.05, 4.69) is 15.3 Å². The number of carboxylic acid groups (broad SMARTS) is 1. The lowest BCUT2D eigenvalue weighted by atomic mass is 9.90. The van der Waals surface area contributed by atoms with Crippen molar-refractivity contribution in [3.63, 3.8) is 0 Å². The molecular formula is C14H20N4O3. The van der Waals surface area contributed by atoms with Crippen molar-refractivity contribution in [1.29, 1.82) is 0 Å². The zero-order valence-corrected chi connectivity index (χ0v) is 12.9. The molecule has 0 amide bonds. The van der Waals surface area contributed by atoms with E-state index < -0.39 is 11.4 Å². The van der Waals surface area contributed by atoms with Gasteiger partial charge in [-0.15, -0.1) is 5.10 Å². The number of oxazole rings is 1. The van der Waals surface area contributed by atoms with Crippen LogP contribution in [0.2, 0.25) is 0 Å². The first-order valence-corrected chi connectivity index (χ1v) is 6.70. The predicted octanol–water partition coefficient (Wildman–Crippen LogP) is 1.97. The van der Waals surface area contributed by atoms with Gasteiger partial charge in [-0.1, -0.05) is 26.0 Å². The molecule has 0 unspecified atom stereocenters. The third-order valence-electron chi connectivity index (χ3n) is 3.30. The van der Waals surface area contributed by atoms with E-state index in [0.29, 0.717) is 18.1 Å². The van der Waals surface area contributed by atoms with Crippen LogP contribution >= 0.6 is 0 Å². The van der Waals surface area contributed by atoms with Gasteiger partial charge in [0.1, 0.15) is 17.7 Å². The van der Waals surface area contributed by atoms with Gasteiger partial charge < -0.3 is 9.52 Å². The van der Waals surface area contributed by atoms with Gasteiger partial charge in [0.2, 0.25) is 5.89 Å². The highest BCUT2D eigenvalue weighted by Gasteiger charge is 2.32. The summed E-state index contributed by atoms with van der Waals surface area (Å²) >= 11 is 0. The number of hydrogen-bond donors (Lipinski definition) is 1. The van der Waals surface area contributed by atoms with Crippen LogP contribution in [-0.4, -0.2) is 31.1 Å². The van der Waals surface area contributed by atoms with Crippen LogP contribution in [0, 0.1) is 0 Å². The average Bonchev–Trinajstić information content (AvgIpc) is 2.97. The number of carbonyl (C=O) groups is 1. The van der Waals surface area contributed by atoms with Gasteiger partial charge in [-0.2, -0.15) is 0 Å². The van der Waals surface area contributed by atoms with E-state index in [0.717, 1.165) is 5.76 Å². The molecule has 0 saturated carbocycles. The van der Waals surface area contributed by atoms with Crippen molar-refractivity contribution in [3.8, 4) is 0 Å².